The molecule has 0 amide bonds. The number of rotatable bonds is 3. The molecule has 6 heteroatoms. The van der Waals surface area contributed by atoms with Gasteiger partial charge in [-0.25, -0.2) is 0 Å². The van der Waals surface area contributed by atoms with Crippen LogP contribution in [0.3, 0.4) is 0 Å². The number of carbonyl (C=O) groups is 1. The predicted octanol–water partition coefficient (Wildman–Crippen LogP) is 2.28. The van der Waals surface area contributed by atoms with Crippen LogP contribution in [0.5, 0.6) is 5.75 Å². The Balaban J connectivity index is 2.04. The van der Waals surface area contributed by atoms with Crippen molar-refractivity contribution in [2.45, 2.75) is 0 Å². The number of hydrogen-bond donors (Lipinski definition) is 2. The Bertz CT molecular complexity index is 876. The number of carbonyl (C=O) groups excluding carboxylic acids is 1. The molecule has 106 valence electrons. The lowest BCUT2D eigenvalue weighted by Gasteiger charge is -2.03. The number of aromatic hydroxyl groups is 1. The average Bonchev–Trinajstić information content (AvgIpc) is 3.04. The van der Waals surface area contributed by atoms with Gasteiger partial charge in [0.25, 0.3) is 0 Å². The maximum Gasteiger partial charge on any atom is 0.219 e. The summed E-state index contributed by atoms with van der Waals surface area (Å²) in [6.07, 6.45) is 0. The highest BCUT2D eigenvalue weighted by molar-refractivity contribution is 6.12. The quantitative estimate of drug-likeness (QED) is 0.720. The molecule has 2 aromatic carbocycles. The fourth-order valence-electron chi connectivity index (χ4n) is 2.09. The number of nitrogens with zero attached hydrogens (tertiary/aromatic N) is 3. The lowest BCUT2D eigenvalue weighted by atomic mass is 10.0. The predicted molar refractivity (Wildman–Crippen MR) is 78.1 cm³/mol. The number of aromatic amines is 1. The number of ketones is 1. The first kappa shape index (κ1) is 13.5. The smallest absolute Gasteiger partial charge is 0.219 e. The SMILES string of the molecule is N#Cc1ccc(-c2n[nH]nc2C(=O)c2ccccc2O)cc1. The van der Waals surface area contributed by atoms with Crippen molar-refractivity contribution in [1.29, 1.82) is 5.26 Å². The molecule has 3 aromatic rings. The number of hydrogen-bond acceptors (Lipinski definition) is 5. The largest absolute Gasteiger partial charge is 0.507 e. The number of nitrogens with one attached hydrogen (secondary N) is 1. The highest BCUT2D eigenvalue weighted by atomic mass is 16.3. The number of phenols is 1. The summed E-state index contributed by atoms with van der Waals surface area (Å²) >= 11 is 0. The molecular formula is C16H10N4O2. The lowest BCUT2D eigenvalue weighted by molar-refractivity contribution is 0.103. The van der Waals surface area contributed by atoms with E-state index in [9.17, 15) is 9.90 Å². The zero-order valence-corrected chi connectivity index (χ0v) is 11.3. The standard InChI is InChI=1S/C16H10N4O2/c17-9-10-5-7-11(8-6-10)14-15(19-20-18-14)16(22)12-3-1-2-4-13(12)21/h1-8,21H,(H,18,19,20). The van der Waals surface area contributed by atoms with Crippen LogP contribution in [0.4, 0.5) is 0 Å². The van der Waals surface area contributed by atoms with Gasteiger partial charge < -0.3 is 5.11 Å². The van der Waals surface area contributed by atoms with Crippen molar-refractivity contribution in [1.82, 2.24) is 15.4 Å². The number of benzene rings is 2. The second-order valence-electron chi connectivity index (χ2n) is 4.56. The van der Waals surface area contributed by atoms with Crippen molar-refractivity contribution in [2.24, 2.45) is 0 Å². The zero-order valence-electron chi connectivity index (χ0n) is 11.3. The summed E-state index contributed by atoms with van der Waals surface area (Å²) < 4.78 is 0. The Morgan fingerprint density at radius 1 is 1.09 bits per heavy atom. The molecular weight excluding hydrogens is 280 g/mol. The Morgan fingerprint density at radius 3 is 2.50 bits per heavy atom. The first-order valence-electron chi connectivity index (χ1n) is 6.44. The molecule has 0 spiro atoms. The molecule has 2 N–H and O–H groups in total. The van der Waals surface area contributed by atoms with Crippen molar-refractivity contribution >= 4 is 5.78 Å². The maximum absolute atomic E-state index is 12.5. The number of nitriles is 1. The van der Waals surface area contributed by atoms with E-state index in [-0.39, 0.29) is 17.0 Å². The van der Waals surface area contributed by atoms with Crippen LogP contribution in [0.2, 0.25) is 0 Å². The van der Waals surface area contributed by atoms with E-state index < -0.39 is 5.78 Å². The van der Waals surface area contributed by atoms with Crippen LogP contribution < -0.4 is 0 Å². The first-order valence-corrected chi connectivity index (χ1v) is 6.44. The number of phenolic OH excluding ortho intramolecular Hbond substituents is 1. The zero-order chi connectivity index (χ0) is 15.5. The number of H-pyrrole nitrogens is 1. The molecule has 22 heavy (non-hydrogen) atoms. The molecule has 0 atom stereocenters. The normalized spacial score (nSPS) is 10.1. The van der Waals surface area contributed by atoms with Gasteiger partial charge in [-0.05, 0) is 24.3 Å². The molecule has 0 radical (unpaired) electrons. The third-order valence-electron chi connectivity index (χ3n) is 3.20. The second-order valence-corrected chi connectivity index (χ2v) is 4.56. The van der Waals surface area contributed by atoms with Gasteiger partial charge in [-0.1, -0.05) is 24.3 Å². The van der Waals surface area contributed by atoms with Crippen LogP contribution in [0.25, 0.3) is 11.3 Å². The fraction of sp³-hybridized carbons (Fsp3) is 0. The van der Waals surface area contributed by atoms with Gasteiger partial charge in [0.2, 0.25) is 5.78 Å². The van der Waals surface area contributed by atoms with Crippen molar-refractivity contribution in [3.63, 3.8) is 0 Å². The van der Waals surface area contributed by atoms with Gasteiger partial charge >= 0.3 is 0 Å². The third-order valence-corrected chi connectivity index (χ3v) is 3.20. The molecule has 0 fully saturated rings. The monoisotopic (exact) mass is 290 g/mol. The van der Waals surface area contributed by atoms with Crippen LogP contribution in [-0.4, -0.2) is 26.3 Å². The van der Waals surface area contributed by atoms with Gasteiger partial charge in [0.05, 0.1) is 17.2 Å². The van der Waals surface area contributed by atoms with Crippen molar-refractivity contribution in [2.75, 3.05) is 0 Å². The van der Waals surface area contributed by atoms with E-state index in [1.165, 1.54) is 12.1 Å². The minimum atomic E-state index is -0.425. The van der Waals surface area contributed by atoms with E-state index in [1.807, 2.05) is 6.07 Å². The second kappa shape index (κ2) is 5.50. The summed E-state index contributed by atoms with van der Waals surface area (Å²) in [5.74, 6) is -0.535. The topological polar surface area (TPSA) is 103 Å². The molecule has 0 aliphatic carbocycles. The lowest BCUT2D eigenvalue weighted by Crippen LogP contribution is -2.04. The van der Waals surface area contributed by atoms with Gasteiger partial charge in [-0.2, -0.15) is 20.7 Å². The number of aromatic nitrogens is 3. The van der Waals surface area contributed by atoms with E-state index in [0.29, 0.717) is 16.8 Å². The van der Waals surface area contributed by atoms with Crippen LogP contribution in [0, 0.1) is 11.3 Å². The molecule has 0 aliphatic heterocycles. The summed E-state index contributed by atoms with van der Waals surface area (Å²) in [7, 11) is 0. The highest BCUT2D eigenvalue weighted by Crippen LogP contribution is 2.25. The van der Waals surface area contributed by atoms with Crippen LogP contribution in [0.1, 0.15) is 21.6 Å². The maximum atomic E-state index is 12.5. The Labute approximate surface area is 125 Å². The molecule has 0 aliphatic rings. The molecule has 1 aromatic heterocycles. The number of para-hydroxylation sites is 1. The Kier molecular flexibility index (Phi) is 3.38. The highest BCUT2D eigenvalue weighted by Gasteiger charge is 2.21. The van der Waals surface area contributed by atoms with E-state index in [2.05, 4.69) is 15.4 Å². The minimum absolute atomic E-state index is 0.110. The van der Waals surface area contributed by atoms with Crippen LogP contribution in [0.15, 0.2) is 48.5 Å². The summed E-state index contributed by atoms with van der Waals surface area (Å²) in [6.45, 7) is 0. The van der Waals surface area contributed by atoms with Crippen molar-refractivity contribution in [3.05, 3.63) is 65.4 Å². The Hall–Kier alpha value is -3.46. The third kappa shape index (κ3) is 2.31. The van der Waals surface area contributed by atoms with Crippen molar-refractivity contribution < 1.29 is 9.90 Å². The van der Waals surface area contributed by atoms with Crippen LogP contribution in [-0.2, 0) is 0 Å². The molecule has 1 heterocycles. The van der Waals surface area contributed by atoms with Crippen LogP contribution >= 0.6 is 0 Å². The van der Waals surface area contributed by atoms with Gasteiger partial charge in [-0.15, -0.1) is 0 Å². The molecule has 6 nitrogen and oxygen atoms in total. The van der Waals surface area contributed by atoms with E-state index in [0.717, 1.165) is 0 Å². The fourth-order valence-corrected chi connectivity index (χ4v) is 2.09. The summed E-state index contributed by atoms with van der Waals surface area (Å²) in [5, 5.41) is 28.9. The molecule has 0 saturated carbocycles. The molecule has 3 rings (SSSR count). The Morgan fingerprint density at radius 2 is 1.82 bits per heavy atom. The first-order chi connectivity index (χ1) is 10.7. The summed E-state index contributed by atoms with van der Waals surface area (Å²) in [6, 6.07) is 14.9. The minimum Gasteiger partial charge on any atom is -0.507 e. The summed E-state index contributed by atoms with van der Waals surface area (Å²) in [5.41, 5.74) is 1.82. The van der Waals surface area contributed by atoms with Gasteiger partial charge in [-0.3, -0.25) is 4.79 Å². The van der Waals surface area contributed by atoms with Gasteiger partial charge in [0.15, 0.2) is 5.69 Å². The van der Waals surface area contributed by atoms with E-state index in [4.69, 9.17) is 5.26 Å². The average molecular weight is 290 g/mol. The van der Waals surface area contributed by atoms with E-state index in [1.54, 1.807) is 36.4 Å². The summed E-state index contributed by atoms with van der Waals surface area (Å²) in [4.78, 5) is 12.5. The van der Waals surface area contributed by atoms with Gasteiger partial charge in [0, 0.05) is 5.56 Å². The molecule has 0 unspecified atom stereocenters. The van der Waals surface area contributed by atoms with E-state index >= 15 is 0 Å². The molecule has 0 bridgehead atoms. The van der Waals surface area contributed by atoms with Crippen molar-refractivity contribution in [3.8, 4) is 23.1 Å². The molecule has 0 saturated heterocycles. The van der Waals surface area contributed by atoms with Gasteiger partial charge in [0.1, 0.15) is 11.4 Å².